The first kappa shape index (κ1) is 12.4. The Kier molecular flexibility index (Phi) is 4.06. The van der Waals surface area contributed by atoms with E-state index < -0.39 is 5.97 Å². The van der Waals surface area contributed by atoms with Crippen molar-refractivity contribution in [1.82, 2.24) is 9.55 Å². The number of rotatable bonds is 4. The van der Waals surface area contributed by atoms with Gasteiger partial charge in [0.05, 0.1) is 11.4 Å². The van der Waals surface area contributed by atoms with Crippen LogP contribution >= 0.6 is 11.8 Å². The highest BCUT2D eigenvalue weighted by Crippen LogP contribution is 2.27. The Hall–Kier alpha value is -1.01. The topological polar surface area (TPSA) is 64.3 Å². The number of carboxylic acids is 1. The van der Waals surface area contributed by atoms with Crippen LogP contribution in [0.3, 0.4) is 0 Å². The third kappa shape index (κ3) is 3.23. The molecule has 1 N–H and O–H groups in total. The highest BCUT2D eigenvalue weighted by Gasteiger charge is 2.19. The number of carboxylic acid groups (broad SMARTS) is 1. The molecular weight excluding hydrogens is 240 g/mol. The molecule has 1 aliphatic heterocycles. The highest BCUT2D eigenvalue weighted by molar-refractivity contribution is 7.99. The Bertz CT molecular complexity index is 399. The van der Waals surface area contributed by atoms with Crippen LogP contribution in [0.1, 0.15) is 24.6 Å². The van der Waals surface area contributed by atoms with Gasteiger partial charge in [-0.3, -0.25) is 4.79 Å². The number of carbonyl (C=O) groups is 1. The number of hydrogen-bond donors (Lipinski definition) is 1. The normalized spacial score (nSPS) is 17.2. The van der Waals surface area contributed by atoms with E-state index in [1.807, 2.05) is 13.1 Å². The number of aryl methyl sites for hydroxylation is 1. The summed E-state index contributed by atoms with van der Waals surface area (Å²) in [5.41, 5.74) is 0.935. The van der Waals surface area contributed by atoms with E-state index in [1.54, 1.807) is 0 Å². The van der Waals surface area contributed by atoms with Gasteiger partial charge in [-0.05, 0) is 19.8 Å². The first-order chi connectivity index (χ1) is 8.16. The van der Waals surface area contributed by atoms with Crippen molar-refractivity contribution in [2.45, 2.75) is 31.0 Å². The summed E-state index contributed by atoms with van der Waals surface area (Å²) in [6, 6.07) is 0.390. The van der Waals surface area contributed by atoms with Crippen molar-refractivity contribution in [3.63, 3.8) is 0 Å². The maximum atomic E-state index is 10.6. The van der Waals surface area contributed by atoms with E-state index in [9.17, 15) is 4.79 Å². The van der Waals surface area contributed by atoms with E-state index in [1.165, 1.54) is 11.8 Å². The van der Waals surface area contributed by atoms with Gasteiger partial charge in [0.15, 0.2) is 5.16 Å². The maximum Gasteiger partial charge on any atom is 0.313 e. The lowest BCUT2D eigenvalue weighted by molar-refractivity contribution is -0.133. The summed E-state index contributed by atoms with van der Waals surface area (Å²) in [4.78, 5) is 15.0. The second-order valence-corrected chi connectivity index (χ2v) is 5.04. The summed E-state index contributed by atoms with van der Waals surface area (Å²) in [5, 5.41) is 9.51. The van der Waals surface area contributed by atoms with E-state index in [0.717, 1.165) is 36.9 Å². The molecule has 0 bridgehead atoms. The number of nitrogens with zero attached hydrogens (tertiary/aromatic N) is 2. The molecule has 5 nitrogen and oxygen atoms in total. The largest absolute Gasteiger partial charge is 0.481 e. The molecule has 2 rings (SSSR count). The molecule has 17 heavy (non-hydrogen) atoms. The lowest BCUT2D eigenvalue weighted by Gasteiger charge is -2.24. The van der Waals surface area contributed by atoms with Gasteiger partial charge in [-0.2, -0.15) is 0 Å². The quantitative estimate of drug-likeness (QED) is 0.831. The van der Waals surface area contributed by atoms with Crippen molar-refractivity contribution in [3.05, 3.63) is 11.9 Å². The molecule has 1 aliphatic rings. The Balaban J connectivity index is 2.11. The van der Waals surface area contributed by atoms with Gasteiger partial charge < -0.3 is 14.4 Å². The van der Waals surface area contributed by atoms with Gasteiger partial charge in [-0.15, -0.1) is 0 Å². The zero-order chi connectivity index (χ0) is 12.3. The van der Waals surface area contributed by atoms with E-state index in [0.29, 0.717) is 6.04 Å². The fourth-order valence-electron chi connectivity index (χ4n) is 1.95. The smallest absolute Gasteiger partial charge is 0.313 e. The van der Waals surface area contributed by atoms with Gasteiger partial charge in [-0.25, -0.2) is 4.98 Å². The van der Waals surface area contributed by atoms with Crippen LogP contribution in [-0.4, -0.2) is 39.6 Å². The summed E-state index contributed by atoms with van der Waals surface area (Å²) in [7, 11) is 0. The molecule has 1 aromatic heterocycles. The van der Waals surface area contributed by atoms with E-state index in [4.69, 9.17) is 9.84 Å². The zero-order valence-electron chi connectivity index (χ0n) is 9.76. The lowest BCUT2D eigenvalue weighted by atomic mass is 10.1. The van der Waals surface area contributed by atoms with Gasteiger partial charge in [0.1, 0.15) is 0 Å². The molecule has 0 aliphatic carbocycles. The second-order valence-electron chi connectivity index (χ2n) is 4.10. The minimum Gasteiger partial charge on any atom is -0.481 e. The third-order valence-electron chi connectivity index (χ3n) is 2.73. The van der Waals surface area contributed by atoms with Crippen LogP contribution < -0.4 is 0 Å². The molecule has 0 radical (unpaired) electrons. The lowest BCUT2D eigenvalue weighted by Crippen LogP contribution is -2.19. The number of hydrogen-bond acceptors (Lipinski definition) is 4. The molecule has 2 heterocycles. The SMILES string of the molecule is Cc1cn(C2CCOCC2)c(SCC(=O)O)n1. The second kappa shape index (κ2) is 5.55. The molecule has 0 saturated carbocycles. The minimum absolute atomic E-state index is 0.0552. The molecule has 0 amide bonds. The van der Waals surface area contributed by atoms with E-state index >= 15 is 0 Å². The van der Waals surface area contributed by atoms with Gasteiger partial charge in [-0.1, -0.05) is 11.8 Å². The molecule has 1 saturated heterocycles. The predicted molar refractivity (Wildman–Crippen MR) is 64.4 cm³/mol. The van der Waals surface area contributed by atoms with Crippen LogP contribution in [0.2, 0.25) is 0 Å². The monoisotopic (exact) mass is 256 g/mol. The van der Waals surface area contributed by atoms with Crippen molar-refractivity contribution in [2.75, 3.05) is 19.0 Å². The summed E-state index contributed by atoms with van der Waals surface area (Å²) in [6.07, 6.45) is 3.94. The van der Waals surface area contributed by atoms with Gasteiger partial charge >= 0.3 is 5.97 Å². The summed E-state index contributed by atoms with van der Waals surface area (Å²) in [6.45, 7) is 3.47. The molecule has 94 valence electrons. The fraction of sp³-hybridized carbons (Fsp3) is 0.636. The van der Waals surface area contributed by atoms with Crippen molar-refractivity contribution < 1.29 is 14.6 Å². The number of ether oxygens (including phenoxy) is 1. The fourth-order valence-corrected chi connectivity index (χ4v) is 2.76. The molecule has 0 unspecified atom stereocenters. The van der Waals surface area contributed by atoms with Gasteiger partial charge in [0.2, 0.25) is 0 Å². The number of aromatic nitrogens is 2. The standard InChI is InChI=1S/C11H16N2O3S/c1-8-6-13(9-2-4-16-5-3-9)11(12-8)17-7-10(14)15/h6,9H,2-5,7H2,1H3,(H,14,15). The maximum absolute atomic E-state index is 10.6. The summed E-state index contributed by atoms with van der Waals surface area (Å²) in [5.74, 6) is -0.756. The van der Waals surface area contributed by atoms with Crippen molar-refractivity contribution in [2.24, 2.45) is 0 Å². The van der Waals surface area contributed by atoms with Crippen LogP contribution in [0.25, 0.3) is 0 Å². The predicted octanol–water partition coefficient (Wildman–Crippen LogP) is 1.72. The zero-order valence-corrected chi connectivity index (χ0v) is 10.6. The summed E-state index contributed by atoms with van der Waals surface area (Å²) < 4.78 is 7.43. The van der Waals surface area contributed by atoms with Crippen LogP contribution in [0.4, 0.5) is 0 Å². The third-order valence-corrected chi connectivity index (χ3v) is 3.68. The van der Waals surface area contributed by atoms with E-state index in [2.05, 4.69) is 9.55 Å². The highest BCUT2D eigenvalue weighted by atomic mass is 32.2. The van der Waals surface area contributed by atoms with Crippen LogP contribution in [-0.2, 0) is 9.53 Å². The average Bonchev–Trinajstić information content (AvgIpc) is 2.69. The summed E-state index contributed by atoms with van der Waals surface area (Å²) >= 11 is 1.28. The molecule has 6 heteroatoms. The molecule has 1 aromatic rings. The number of aliphatic carboxylic acids is 1. The molecular formula is C11H16N2O3S. The van der Waals surface area contributed by atoms with Gasteiger partial charge in [0.25, 0.3) is 0 Å². The first-order valence-electron chi connectivity index (χ1n) is 5.64. The molecule has 0 aromatic carbocycles. The molecule has 0 atom stereocenters. The van der Waals surface area contributed by atoms with Crippen LogP contribution in [0, 0.1) is 6.92 Å². The molecule has 1 fully saturated rings. The van der Waals surface area contributed by atoms with Crippen LogP contribution in [0.15, 0.2) is 11.4 Å². The average molecular weight is 256 g/mol. The Labute approximate surface area is 104 Å². The van der Waals surface area contributed by atoms with Gasteiger partial charge in [0, 0.05) is 25.5 Å². The molecule has 0 spiro atoms. The Morgan fingerprint density at radius 1 is 1.65 bits per heavy atom. The minimum atomic E-state index is -0.811. The number of imidazole rings is 1. The van der Waals surface area contributed by atoms with Crippen molar-refractivity contribution >= 4 is 17.7 Å². The Morgan fingerprint density at radius 2 is 2.35 bits per heavy atom. The van der Waals surface area contributed by atoms with Crippen LogP contribution in [0.5, 0.6) is 0 Å². The van der Waals surface area contributed by atoms with E-state index in [-0.39, 0.29) is 5.75 Å². The number of thioether (sulfide) groups is 1. The first-order valence-corrected chi connectivity index (χ1v) is 6.63. The van der Waals surface area contributed by atoms with Crippen molar-refractivity contribution in [3.8, 4) is 0 Å². The van der Waals surface area contributed by atoms with Crippen molar-refractivity contribution in [1.29, 1.82) is 0 Å². The Morgan fingerprint density at radius 3 is 3.00 bits per heavy atom.